The molecule has 2 nitrogen and oxygen atoms in total. The van der Waals surface area contributed by atoms with Crippen molar-refractivity contribution in [1.29, 1.82) is 0 Å². The van der Waals surface area contributed by atoms with Gasteiger partial charge in [0.05, 0.1) is 11.2 Å². The van der Waals surface area contributed by atoms with Crippen molar-refractivity contribution >= 4 is 12.7 Å². The number of hydrogen-bond donors (Lipinski definition) is 0. The Balaban J connectivity index is 2.14. The van der Waals surface area contributed by atoms with Crippen molar-refractivity contribution in [3.63, 3.8) is 0 Å². The number of allylic oxidation sites excluding steroid dienone is 3. The highest BCUT2D eigenvalue weighted by Crippen LogP contribution is 2.38. The Labute approximate surface area is 122 Å². The fourth-order valence-electron chi connectivity index (χ4n) is 2.12. The molecular formula is C17H23BO2. The van der Waals surface area contributed by atoms with Gasteiger partial charge in [0.25, 0.3) is 0 Å². The summed E-state index contributed by atoms with van der Waals surface area (Å²) in [5, 5.41) is 0. The van der Waals surface area contributed by atoms with E-state index in [1.54, 1.807) is 0 Å². The van der Waals surface area contributed by atoms with E-state index < -0.39 is 0 Å². The molecule has 0 saturated carbocycles. The highest BCUT2D eigenvalue weighted by molar-refractivity contribution is 6.55. The van der Waals surface area contributed by atoms with Gasteiger partial charge in [-0.15, -0.1) is 0 Å². The minimum absolute atomic E-state index is 0.324. The van der Waals surface area contributed by atoms with Gasteiger partial charge < -0.3 is 9.31 Å². The molecule has 0 atom stereocenters. The lowest BCUT2D eigenvalue weighted by atomic mass is 9.78. The van der Waals surface area contributed by atoms with E-state index >= 15 is 0 Å². The van der Waals surface area contributed by atoms with E-state index in [0.29, 0.717) is 0 Å². The van der Waals surface area contributed by atoms with Gasteiger partial charge in [0.15, 0.2) is 0 Å². The third-order valence-electron chi connectivity index (χ3n) is 4.19. The molecule has 1 aliphatic heterocycles. The lowest BCUT2D eigenvalue weighted by Crippen LogP contribution is -2.41. The first kappa shape index (κ1) is 15.1. The summed E-state index contributed by atoms with van der Waals surface area (Å²) in [6, 6.07) is 10.3. The molecule has 3 heteroatoms. The standard InChI is InChI=1S/C17H23BO2/c1-13(15-10-8-7-9-11-15)12-14(2)18-19-16(3,4)17(5,6)20-18/h7-12H,2H2,1,3-6H3/b13-12+. The SMILES string of the molecule is C=C(/C=C(\C)c1ccccc1)B1OC(C)(C)C(C)(C)O1. The molecule has 0 aromatic heterocycles. The summed E-state index contributed by atoms with van der Waals surface area (Å²) in [4.78, 5) is 0. The molecule has 0 aliphatic carbocycles. The van der Waals surface area contributed by atoms with Crippen LogP contribution in [-0.2, 0) is 9.31 Å². The van der Waals surface area contributed by atoms with E-state index in [9.17, 15) is 0 Å². The number of benzene rings is 1. The summed E-state index contributed by atoms with van der Waals surface area (Å²) in [5.74, 6) is 0. The molecule has 1 aromatic carbocycles. The molecular weight excluding hydrogens is 247 g/mol. The first-order valence-corrected chi connectivity index (χ1v) is 7.01. The van der Waals surface area contributed by atoms with Crippen molar-refractivity contribution in [3.05, 3.63) is 54.0 Å². The maximum Gasteiger partial charge on any atom is 0.494 e. The Morgan fingerprint density at radius 2 is 1.55 bits per heavy atom. The Bertz CT molecular complexity index is 513. The topological polar surface area (TPSA) is 18.5 Å². The van der Waals surface area contributed by atoms with Crippen LogP contribution in [0.1, 0.15) is 40.2 Å². The average molecular weight is 270 g/mol. The zero-order chi connectivity index (χ0) is 15.0. The van der Waals surface area contributed by atoms with Crippen molar-refractivity contribution in [2.75, 3.05) is 0 Å². The molecule has 1 fully saturated rings. The van der Waals surface area contributed by atoms with E-state index in [4.69, 9.17) is 9.31 Å². The molecule has 0 amide bonds. The van der Waals surface area contributed by atoms with Crippen LogP contribution in [-0.4, -0.2) is 18.3 Å². The molecule has 1 heterocycles. The first-order valence-electron chi connectivity index (χ1n) is 7.01. The fraction of sp³-hybridized carbons (Fsp3) is 0.412. The molecule has 2 rings (SSSR count). The Hall–Kier alpha value is -1.32. The maximum atomic E-state index is 6.00. The highest BCUT2D eigenvalue weighted by atomic mass is 16.7. The van der Waals surface area contributed by atoms with Crippen LogP contribution in [0.5, 0.6) is 0 Å². The summed E-state index contributed by atoms with van der Waals surface area (Å²) in [5.41, 5.74) is 2.55. The van der Waals surface area contributed by atoms with Crippen LogP contribution in [0.3, 0.4) is 0 Å². The third-order valence-corrected chi connectivity index (χ3v) is 4.19. The molecule has 0 unspecified atom stereocenters. The van der Waals surface area contributed by atoms with Crippen molar-refractivity contribution in [2.24, 2.45) is 0 Å². The smallest absolute Gasteiger partial charge is 0.399 e. The van der Waals surface area contributed by atoms with Gasteiger partial charge in [0.1, 0.15) is 0 Å². The predicted octanol–water partition coefficient (Wildman–Crippen LogP) is 4.28. The minimum Gasteiger partial charge on any atom is -0.399 e. The molecule has 0 N–H and O–H groups in total. The van der Waals surface area contributed by atoms with E-state index in [1.165, 1.54) is 5.56 Å². The van der Waals surface area contributed by atoms with Gasteiger partial charge in [-0.25, -0.2) is 0 Å². The van der Waals surface area contributed by atoms with E-state index in [-0.39, 0.29) is 18.3 Å². The van der Waals surface area contributed by atoms with Gasteiger partial charge in [-0.2, -0.15) is 0 Å². The third kappa shape index (κ3) is 2.89. The van der Waals surface area contributed by atoms with Crippen LogP contribution >= 0.6 is 0 Å². The number of hydrogen-bond acceptors (Lipinski definition) is 2. The Morgan fingerprint density at radius 1 is 1.05 bits per heavy atom. The second-order valence-corrected chi connectivity index (χ2v) is 6.36. The van der Waals surface area contributed by atoms with Gasteiger partial charge >= 0.3 is 7.12 Å². The van der Waals surface area contributed by atoms with E-state index in [1.807, 2.05) is 52.0 Å². The van der Waals surface area contributed by atoms with Gasteiger partial charge in [-0.1, -0.05) is 43.0 Å². The van der Waals surface area contributed by atoms with Crippen LogP contribution < -0.4 is 0 Å². The lowest BCUT2D eigenvalue weighted by molar-refractivity contribution is 0.00578. The normalized spacial score (nSPS) is 21.1. The summed E-state index contributed by atoms with van der Waals surface area (Å²) < 4.78 is 12.0. The van der Waals surface area contributed by atoms with Gasteiger partial charge in [0.2, 0.25) is 0 Å². The van der Waals surface area contributed by atoms with Gasteiger partial charge in [-0.05, 0) is 51.2 Å². The number of rotatable bonds is 3. The van der Waals surface area contributed by atoms with Crippen molar-refractivity contribution < 1.29 is 9.31 Å². The maximum absolute atomic E-state index is 6.00. The predicted molar refractivity (Wildman–Crippen MR) is 85.3 cm³/mol. The first-order chi connectivity index (χ1) is 9.23. The molecule has 1 saturated heterocycles. The summed E-state index contributed by atoms with van der Waals surface area (Å²) >= 11 is 0. The van der Waals surface area contributed by atoms with Crippen LogP contribution in [0.25, 0.3) is 5.57 Å². The average Bonchev–Trinajstić information content (AvgIpc) is 2.59. The molecule has 0 spiro atoms. The molecule has 0 radical (unpaired) electrons. The van der Waals surface area contributed by atoms with Crippen molar-refractivity contribution in [1.82, 2.24) is 0 Å². The van der Waals surface area contributed by atoms with Crippen molar-refractivity contribution in [2.45, 2.75) is 45.8 Å². The quantitative estimate of drug-likeness (QED) is 0.603. The summed E-state index contributed by atoms with van der Waals surface area (Å²) in [7, 11) is -0.376. The summed E-state index contributed by atoms with van der Waals surface area (Å²) in [6.07, 6.45) is 2.04. The van der Waals surface area contributed by atoms with E-state index in [2.05, 4.69) is 25.6 Å². The second kappa shape index (κ2) is 5.23. The minimum atomic E-state index is -0.376. The molecule has 20 heavy (non-hydrogen) atoms. The van der Waals surface area contributed by atoms with Gasteiger partial charge in [-0.3, -0.25) is 0 Å². The highest BCUT2D eigenvalue weighted by Gasteiger charge is 2.51. The second-order valence-electron chi connectivity index (χ2n) is 6.36. The van der Waals surface area contributed by atoms with Crippen LogP contribution in [0.15, 0.2) is 48.5 Å². The lowest BCUT2D eigenvalue weighted by Gasteiger charge is -2.32. The molecule has 1 aromatic rings. The monoisotopic (exact) mass is 270 g/mol. The van der Waals surface area contributed by atoms with Crippen LogP contribution in [0.2, 0.25) is 0 Å². The van der Waals surface area contributed by atoms with Gasteiger partial charge in [0, 0.05) is 0 Å². The van der Waals surface area contributed by atoms with Crippen molar-refractivity contribution in [3.8, 4) is 0 Å². The molecule has 1 aliphatic rings. The fourth-order valence-corrected chi connectivity index (χ4v) is 2.12. The van der Waals surface area contributed by atoms with Crippen LogP contribution in [0, 0.1) is 0 Å². The molecule has 0 bridgehead atoms. The Morgan fingerprint density at radius 3 is 2.05 bits per heavy atom. The largest absolute Gasteiger partial charge is 0.494 e. The van der Waals surface area contributed by atoms with E-state index in [0.717, 1.165) is 11.0 Å². The Kier molecular flexibility index (Phi) is 3.94. The zero-order valence-electron chi connectivity index (χ0n) is 13.1. The molecule has 106 valence electrons. The van der Waals surface area contributed by atoms with Crippen LogP contribution in [0.4, 0.5) is 0 Å². The zero-order valence-corrected chi connectivity index (χ0v) is 13.1. The summed E-state index contributed by atoms with van der Waals surface area (Å²) in [6.45, 7) is 14.4.